The molecule has 2 N–H and O–H groups in total. The molecule has 2 aliphatic rings. The molecule has 1 saturated carbocycles. The van der Waals surface area contributed by atoms with Crippen molar-refractivity contribution in [2.24, 2.45) is 5.92 Å². The summed E-state index contributed by atoms with van der Waals surface area (Å²) in [5.41, 5.74) is 0. The molecular formula is C13H25NO2. The van der Waals surface area contributed by atoms with Gasteiger partial charge in [0, 0.05) is 31.2 Å². The number of aliphatic hydroxyl groups excluding tert-OH is 1. The molecule has 1 aliphatic heterocycles. The summed E-state index contributed by atoms with van der Waals surface area (Å²) in [7, 11) is 0. The third-order valence-electron chi connectivity index (χ3n) is 4.08. The Labute approximate surface area is 98.6 Å². The number of rotatable bonds is 5. The Morgan fingerprint density at radius 1 is 1.38 bits per heavy atom. The lowest BCUT2D eigenvalue weighted by atomic mass is 9.81. The largest absolute Gasteiger partial charge is 0.396 e. The predicted molar refractivity (Wildman–Crippen MR) is 64.4 cm³/mol. The van der Waals surface area contributed by atoms with Crippen LogP contribution in [0.3, 0.4) is 0 Å². The van der Waals surface area contributed by atoms with Crippen molar-refractivity contribution < 1.29 is 9.84 Å². The van der Waals surface area contributed by atoms with E-state index in [0.717, 1.165) is 25.4 Å². The molecule has 4 unspecified atom stereocenters. The van der Waals surface area contributed by atoms with Crippen molar-refractivity contribution in [2.75, 3.05) is 13.2 Å². The molecule has 3 heteroatoms. The van der Waals surface area contributed by atoms with E-state index < -0.39 is 0 Å². The van der Waals surface area contributed by atoms with E-state index in [0.29, 0.717) is 24.8 Å². The van der Waals surface area contributed by atoms with Gasteiger partial charge in [-0.25, -0.2) is 0 Å². The third kappa shape index (κ3) is 2.96. The van der Waals surface area contributed by atoms with E-state index in [-0.39, 0.29) is 0 Å². The maximum absolute atomic E-state index is 8.82. The van der Waals surface area contributed by atoms with E-state index in [1.54, 1.807) is 0 Å². The Kier molecular flexibility index (Phi) is 4.62. The zero-order chi connectivity index (χ0) is 11.4. The molecule has 2 rings (SSSR count). The second kappa shape index (κ2) is 5.99. The van der Waals surface area contributed by atoms with E-state index in [4.69, 9.17) is 9.84 Å². The van der Waals surface area contributed by atoms with Gasteiger partial charge in [0.1, 0.15) is 0 Å². The lowest BCUT2D eigenvalue weighted by Crippen LogP contribution is -2.46. The van der Waals surface area contributed by atoms with Gasteiger partial charge < -0.3 is 15.2 Å². The molecule has 4 atom stereocenters. The van der Waals surface area contributed by atoms with Crippen LogP contribution in [-0.2, 0) is 4.74 Å². The zero-order valence-corrected chi connectivity index (χ0v) is 10.3. The predicted octanol–water partition coefficient (Wildman–Crippen LogP) is 1.69. The van der Waals surface area contributed by atoms with Crippen LogP contribution in [0.1, 0.15) is 45.4 Å². The molecule has 1 saturated heterocycles. The minimum atomic E-state index is 0.311. The van der Waals surface area contributed by atoms with Crippen molar-refractivity contribution in [3.05, 3.63) is 0 Å². The first-order chi connectivity index (χ1) is 7.81. The van der Waals surface area contributed by atoms with Crippen LogP contribution in [0.5, 0.6) is 0 Å². The highest BCUT2D eigenvalue weighted by atomic mass is 16.5. The summed E-state index contributed by atoms with van der Waals surface area (Å²) in [6.07, 6.45) is 7.59. The molecule has 2 fully saturated rings. The van der Waals surface area contributed by atoms with Crippen molar-refractivity contribution in [1.29, 1.82) is 0 Å². The van der Waals surface area contributed by atoms with E-state index >= 15 is 0 Å². The Hall–Kier alpha value is -0.120. The van der Waals surface area contributed by atoms with Crippen LogP contribution >= 0.6 is 0 Å². The van der Waals surface area contributed by atoms with Gasteiger partial charge in [-0.15, -0.1) is 0 Å². The molecule has 3 nitrogen and oxygen atoms in total. The average molecular weight is 227 g/mol. The molecule has 1 aliphatic carbocycles. The Bertz CT molecular complexity index is 210. The Balaban J connectivity index is 1.79. The second-order valence-electron chi connectivity index (χ2n) is 5.33. The number of fused-ring (bicyclic) bond motifs is 1. The Morgan fingerprint density at radius 2 is 2.25 bits per heavy atom. The van der Waals surface area contributed by atoms with Gasteiger partial charge in [0.2, 0.25) is 0 Å². The number of ether oxygens (including phenoxy) is 1. The molecule has 0 bridgehead atoms. The first kappa shape index (κ1) is 12.3. The molecule has 16 heavy (non-hydrogen) atoms. The van der Waals surface area contributed by atoms with E-state index in [2.05, 4.69) is 12.2 Å². The van der Waals surface area contributed by atoms with Crippen LogP contribution in [-0.4, -0.2) is 36.5 Å². The van der Waals surface area contributed by atoms with Crippen LogP contribution in [0, 0.1) is 5.92 Å². The zero-order valence-electron chi connectivity index (χ0n) is 10.3. The molecule has 0 aromatic heterocycles. The number of hydrogen-bond acceptors (Lipinski definition) is 3. The van der Waals surface area contributed by atoms with E-state index in [1.807, 2.05) is 0 Å². The highest BCUT2D eigenvalue weighted by Gasteiger charge is 2.37. The Morgan fingerprint density at radius 3 is 3.06 bits per heavy atom. The van der Waals surface area contributed by atoms with Crippen LogP contribution < -0.4 is 5.32 Å². The van der Waals surface area contributed by atoms with Crippen molar-refractivity contribution in [2.45, 2.75) is 63.6 Å². The molecule has 0 radical (unpaired) electrons. The quantitative estimate of drug-likeness (QED) is 0.751. The minimum Gasteiger partial charge on any atom is -0.396 e. The van der Waals surface area contributed by atoms with Gasteiger partial charge in [-0.3, -0.25) is 0 Å². The normalized spacial score (nSPS) is 36.0. The van der Waals surface area contributed by atoms with Gasteiger partial charge in [0.05, 0.1) is 6.10 Å². The van der Waals surface area contributed by atoms with Crippen LogP contribution in [0.15, 0.2) is 0 Å². The molecule has 94 valence electrons. The summed E-state index contributed by atoms with van der Waals surface area (Å²) in [4.78, 5) is 0. The van der Waals surface area contributed by atoms with Crippen LogP contribution in [0.25, 0.3) is 0 Å². The molecule has 0 aromatic carbocycles. The fourth-order valence-electron chi connectivity index (χ4n) is 3.23. The topological polar surface area (TPSA) is 41.5 Å². The summed E-state index contributed by atoms with van der Waals surface area (Å²) >= 11 is 0. The maximum Gasteiger partial charge on any atom is 0.0619 e. The van der Waals surface area contributed by atoms with Crippen LogP contribution in [0.2, 0.25) is 0 Å². The maximum atomic E-state index is 8.82. The highest BCUT2D eigenvalue weighted by Crippen LogP contribution is 2.34. The van der Waals surface area contributed by atoms with Crippen LogP contribution in [0.4, 0.5) is 0 Å². The number of nitrogens with one attached hydrogen (secondary N) is 1. The van der Waals surface area contributed by atoms with Crippen molar-refractivity contribution >= 4 is 0 Å². The lowest BCUT2D eigenvalue weighted by molar-refractivity contribution is 0.0511. The molecule has 1 heterocycles. The summed E-state index contributed by atoms with van der Waals surface area (Å²) in [5, 5.41) is 12.6. The second-order valence-corrected chi connectivity index (χ2v) is 5.33. The third-order valence-corrected chi connectivity index (χ3v) is 4.08. The summed E-state index contributed by atoms with van der Waals surface area (Å²) in [6, 6.07) is 1.17. The molecule has 0 aromatic rings. The molecular weight excluding hydrogens is 202 g/mol. The number of aliphatic hydroxyl groups is 1. The van der Waals surface area contributed by atoms with Crippen molar-refractivity contribution in [3.8, 4) is 0 Å². The SMILES string of the molecule is CC(CCCO)NC1CCCC2OCCC12. The van der Waals surface area contributed by atoms with Gasteiger partial charge in [-0.2, -0.15) is 0 Å². The van der Waals surface area contributed by atoms with Crippen molar-refractivity contribution in [1.82, 2.24) is 5.32 Å². The van der Waals surface area contributed by atoms with E-state index in [1.165, 1.54) is 25.7 Å². The fourth-order valence-corrected chi connectivity index (χ4v) is 3.23. The summed E-state index contributed by atoms with van der Waals surface area (Å²) in [6.45, 7) is 3.50. The smallest absolute Gasteiger partial charge is 0.0619 e. The monoisotopic (exact) mass is 227 g/mol. The fraction of sp³-hybridized carbons (Fsp3) is 1.00. The average Bonchev–Trinajstić information content (AvgIpc) is 2.75. The van der Waals surface area contributed by atoms with Gasteiger partial charge in [0.15, 0.2) is 0 Å². The van der Waals surface area contributed by atoms with Gasteiger partial charge >= 0.3 is 0 Å². The minimum absolute atomic E-state index is 0.311. The van der Waals surface area contributed by atoms with Gasteiger partial charge in [0.25, 0.3) is 0 Å². The molecule has 0 spiro atoms. The van der Waals surface area contributed by atoms with Gasteiger partial charge in [-0.05, 0) is 45.4 Å². The highest BCUT2D eigenvalue weighted by molar-refractivity contribution is 4.91. The number of hydrogen-bond donors (Lipinski definition) is 2. The first-order valence-corrected chi connectivity index (χ1v) is 6.79. The summed E-state index contributed by atoms with van der Waals surface area (Å²) in [5.74, 6) is 0.741. The summed E-state index contributed by atoms with van der Waals surface area (Å²) < 4.78 is 5.77. The lowest BCUT2D eigenvalue weighted by Gasteiger charge is -2.35. The molecule has 0 amide bonds. The van der Waals surface area contributed by atoms with E-state index in [9.17, 15) is 0 Å². The van der Waals surface area contributed by atoms with Crippen molar-refractivity contribution in [3.63, 3.8) is 0 Å². The first-order valence-electron chi connectivity index (χ1n) is 6.79. The van der Waals surface area contributed by atoms with Gasteiger partial charge in [-0.1, -0.05) is 0 Å². The standard InChI is InChI=1S/C13H25NO2/c1-10(4-3-8-15)14-12-5-2-6-13-11(12)7-9-16-13/h10-15H,2-9H2,1H3.